The van der Waals surface area contributed by atoms with Crippen molar-refractivity contribution >= 4 is 17.4 Å². The lowest BCUT2D eigenvalue weighted by Gasteiger charge is -2.36. The maximum atomic E-state index is 9.98. The molecule has 0 aliphatic carbocycles. The summed E-state index contributed by atoms with van der Waals surface area (Å²) in [4.78, 5) is 6.34. The first-order valence-electron chi connectivity index (χ1n) is 5.76. The van der Waals surface area contributed by atoms with Crippen LogP contribution in [0, 0.1) is 5.92 Å². The molecule has 0 bridgehead atoms. The standard InChI is InChI=1S/C12H17ClN2O/c1-2-9-5-7-15(8-11(9)16)12-10(13)4-3-6-14-12/h3-4,6,9,11,16H,2,5,7-8H2,1H3. The molecule has 1 aromatic rings. The molecule has 0 spiro atoms. The second kappa shape index (κ2) is 5.02. The topological polar surface area (TPSA) is 36.4 Å². The lowest BCUT2D eigenvalue weighted by molar-refractivity contribution is 0.0906. The highest BCUT2D eigenvalue weighted by Crippen LogP contribution is 2.28. The lowest BCUT2D eigenvalue weighted by Crippen LogP contribution is -2.44. The van der Waals surface area contributed by atoms with Crippen molar-refractivity contribution in [2.24, 2.45) is 5.92 Å². The summed E-state index contributed by atoms with van der Waals surface area (Å²) >= 11 is 6.09. The molecule has 2 heterocycles. The number of halogens is 1. The number of piperidine rings is 1. The largest absolute Gasteiger partial charge is 0.391 e. The van der Waals surface area contributed by atoms with Gasteiger partial charge in [-0.2, -0.15) is 0 Å². The Morgan fingerprint density at radius 2 is 2.44 bits per heavy atom. The molecule has 2 atom stereocenters. The quantitative estimate of drug-likeness (QED) is 0.862. The smallest absolute Gasteiger partial charge is 0.147 e. The van der Waals surface area contributed by atoms with Crippen molar-refractivity contribution in [2.75, 3.05) is 18.0 Å². The van der Waals surface area contributed by atoms with Crippen molar-refractivity contribution in [1.82, 2.24) is 4.98 Å². The van der Waals surface area contributed by atoms with Crippen molar-refractivity contribution in [3.05, 3.63) is 23.4 Å². The highest BCUT2D eigenvalue weighted by Gasteiger charge is 2.27. The van der Waals surface area contributed by atoms with E-state index in [0.717, 1.165) is 25.2 Å². The maximum Gasteiger partial charge on any atom is 0.147 e. The van der Waals surface area contributed by atoms with Crippen LogP contribution in [0.25, 0.3) is 0 Å². The number of pyridine rings is 1. The predicted molar refractivity (Wildman–Crippen MR) is 65.9 cm³/mol. The summed E-state index contributed by atoms with van der Waals surface area (Å²) in [5, 5.41) is 10.6. The number of anilines is 1. The normalized spacial score (nSPS) is 25.8. The molecule has 1 aliphatic rings. The van der Waals surface area contributed by atoms with Gasteiger partial charge < -0.3 is 10.0 Å². The fourth-order valence-electron chi connectivity index (χ4n) is 2.26. The van der Waals surface area contributed by atoms with Crippen molar-refractivity contribution in [3.8, 4) is 0 Å². The molecule has 0 radical (unpaired) electrons. The number of nitrogens with zero attached hydrogens (tertiary/aromatic N) is 2. The van der Waals surface area contributed by atoms with Crippen LogP contribution in [0.4, 0.5) is 5.82 Å². The molecule has 0 aromatic carbocycles. The first kappa shape index (κ1) is 11.7. The van der Waals surface area contributed by atoms with E-state index in [1.807, 2.05) is 12.1 Å². The number of aliphatic hydroxyl groups excluding tert-OH is 1. The minimum absolute atomic E-state index is 0.267. The fraction of sp³-hybridized carbons (Fsp3) is 0.583. The van der Waals surface area contributed by atoms with E-state index in [4.69, 9.17) is 11.6 Å². The Hall–Kier alpha value is -0.800. The second-order valence-corrected chi connectivity index (χ2v) is 4.69. The van der Waals surface area contributed by atoms with E-state index in [9.17, 15) is 5.11 Å². The Kier molecular flexibility index (Phi) is 3.66. The third-order valence-electron chi connectivity index (χ3n) is 3.28. The van der Waals surface area contributed by atoms with Crippen LogP contribution in [0.3, 0.4) is 0 Å². The van der Waals surface area contributed by atoms with Crippen molar-refractivity contribution < 1.29 is 5.11 Å². The van der Waals surface area contributed by atoms with Crippen molar-refractivity contribution in [2.45, 2.75) is 25.9 Å². The number of hydrogen-bond donors (Lipinski definition) is 1. The molecule has 1 fully saturated rings. The van der Waals surface area contributed by atoms with Gasteiger partial charge in [0.15, 0.2) is 0 Å². The fourth-order valence-corrected chi connectivity index (χ4v) is 2.50. The maximum absolute atomic E-state index is 9.98. The van der Waals surface area contributed by atoms with E-state index in [2.05, 4.69) is 16.8 Å². The molecule has 1 aliphatic heterocycles. The zero-order valence-electron chi connectivity index (χ0n) is 9.43. The first-order chi connectivity index (χ1) is 7.72. The summed E-state index contributed by atoms with van der Waals surface area (Å²) in [6, 6.07) is 3.66. The SMILES string of the molecule is CCC1CCN(c2ncccc2Cl)CC1O. The third-order valence-corrected chi connectivity index (χ3v) is 3.58. The molecule has 0 saturated carbocycles. The Morgan fingerprint density at radius 3 is 3.06 bits per heavy atom. The zero-order chi connectivity index (χ0) is 11.5. The van der Waals surface area contributed by atoms with Crippen molar-refractivity contribution in [1.29, 1.82) is 0 Å². The Bertz CT molecular complexity index is 359. The minimum Gasteiger partial charge on any atom is -0.391 e. The summed E-state index contributed by atoms with van der Waals surface area (Å²) in [5.74, 6) is 1.21. The lowest BCUT2D eigenvalue weighted by atomic mass is 9.91. The molecular formula is C12H17ClN2O. The highest BCUT2D eigenvalue weighted by atomic mass is 35.5. The van der Waals surface area contributed by atoms with Crippen LogP contribution in [-0.4, -0.2) is 29.3 Å². The van der Waals surface area contributed by atoms with Crippen molar-refractivity contribution in [3.63, 3.8) is 0 Å². The number of hydrogen-bond acceptors (Lipinski definition) is 3. The highest BCUT2D eigenvalue weighted by molar-refractivity contribution is 6.32. The van der Waals surface area contributed by atoms with Gasteiger partial charge in [0.1, 0.15) is 5.82 Å². The number of rotatable bonds is 2. The van der Waals surface area contributed by atoms with Gasteiger partial charge in [-0.25, -0.2) is 4.98 Å². The zero-order valence-corrected chi connectivity index (χ0v) is 10.2. The number of aromatic nitrogens is 1. The van der Waals surface area contributed by atoms with E-state index in [-0.39, 0.29) is 6.10 Å². The van der Waals surface area contributed by atoms with Gasteiger partial charge in [-0.15, -0.1) is 0 Å². The van der Waals surface area contributed by atoms with Gasteiger partial charge in [0.25, 0.3) is 0 Å². The van der Waals surface area contributed by atoms with Crippen LogP contribution >= 0.6 is 11.6 Å². The summed E-state index contributed by atoms with van der Waals surface area (Å²) < 4.78 is 0. The Labute approximate surface area is 101 Å². The molecular weight excluding hydrogens is 224 g/mol. The molecule has 88 valence electrons. The summed E-state index contributed by atoms with van der Waals surface area (Å²) in [5.41, 5.74) is 0. The van der Waals surface area contributed by atoms with Crippen LogP contribution in [0.1, 0.15) is 19.8 Å². The molecule has 1 aromatic heterocycles. The van der Waals surface area contributed by atoms with E-state index in [1.54, 1.807) is 6.20 Å². The average molecular weight is 241 g/mol. The Morgan fingerprint density at radius 1 is 1.62 bits per heavy atom. The molecule has 0 amide bonds. The van der Waals surface area contributed by atoms with Crippen LogP contribution < -0.4 is 4.90 Å². The Balaban J connectivity index is 2.11. The van der Waals surface area contributed by atoms with Gasteiger partial charge in [-0.05, 0) is 24.5 Å². The van der Waals surface area contributed by atoms with Gasteiger partial charge in [-0.1, -0.05) is 24.9 Å². The van der Waals surface area contributed by atoms with Gasteiger partial charge in [0.2, 0.25) is 0 Å². The van der Waals surface area contributed by atoms with E-state index >= 15 is 0 Å². The van der Waals surface area contributed by atoms with Gasteiger partial charge in [0, 0.05) is 19.3 Å². The molecule has 16 heavy (non-hydrogen) atoms. The van der Waals surface area contributed by atoms with Crippen LogP contribution in [-0.2, 0) is 0 Å². The molecule has 1 N–H and O–H groups in total. The molecule has 2 rings (SSSR count). The van der Waals surface area contributed by atoms with E-state index in [0.29, 0.717) is 17.5 Å². The first-order valence-corrected chi connectivity index (χ1v) is 6.13. The summed E-state index contributed by atoms with van der Waals surface area (Å²) in [6.45, 7) is 3.68. The van der Waals surface area contributed by atoms with Gasteiger partial charge in [-0.3, -0.25) is 0 Å². The second-order valence-electron chi connectivity index (χ2n) is 4.28. The molecule has 1 saturated heterocycles. The molecule has 4 heteroatoms. The van der Waals surface area contributed by atoms with Gasteiger partial charge >= 0.3 is 0 Å². The molecule has 3 nitrogen and oxygen atoms in total. The summed E-state index contributed by atoms with van der Waals surface area (Å²) in [7, 11) is 0. The van der Waals surface area contributed by atoms with E-state index in [1.165, 1.54) is 0 Å². The predicted octanol–water partition coefficient (Wildman–Crippen LogP) is 2.33. The number of aliphatic hydroxyl groups is 1. The van der Waals surface area contributed by atoms with Crippen LogP contribution in [0.5, 0.6) is 0 Å². The minimum atomic E-state index is -0.267. The number of β-amino-alcohol motifs (C(OH)–C–C–N with tert-alkyl or cyclic N) is 1. The molecule has 2 unspecified atom stereocenters. The monoisotopic (exact) mass is 240 g/mol. The third kappa shape index (κ3) is 2.30. The van der Waals surface area contributed by atoms with E-state index < -0.39 is 0 Å². The van der Waals surface area contributed by atoms with Gasteiger partial charge in [0.05, 0.1) is 11.1 Å². The summed E-state index contributed by atoms with van der Waals surface area (Å²) in [6.07, 6.45) is 3.51. The van der Waals surface area contributed by atoms with Crippen LogP contribution in [0.2, 0.25) is 5.02 Å². The average Bonchev–Trinajstić information content (AvgIpc) is 2.29. The van der Waals surface area contributed by atoms with Crippen LogP contribution in [0.15, 0.2) is 18.3 Å².